The molecule has 2 aromatic carbocycles. The van der Waals surface area contributed by atoms with Gasteiger partial charge in [0.15, 0.2) is 0 Å². The quantitative estimate of drug-likeness (QED) is 0.726. The average molecular weight is 283 g/mol. The van der Waals surface area contributed by atoms with Gasteiger partial charge in [-0.25, -0.2) is 0 Å². The van der Waals surface area contributed by atoms with Gasteiger partial charge >= 0.3 is 0 Å². The number of rotatable bonds is 8. The molecule has 0 amide bonds. The fourth-order valence-electron chi connectivity index (χ4n) is 2.43. The van der Waals surface area contributed by atoms with Crippen molar-refractivity contribution in [2.45, 2.75) is 32.2 Å². The second-order valence-corrected chi connectivity index (χ2v) is 5.39. The van der Waals surface area contributed by atoms with Crippen molar-refractivity contribution in [2.75, 3.05) is 13.7 Å². The van der Waals surface area contributed by atoms with Crippen LogP contribution in [0.1, 0.15) is 36.9 Å². The van der Waals surface area contributed by atoms with Crippen molar-refractivity contribution in [3.63, 3.8) is 0 Å². The summed E-state index contributed by atoms with van der Waals surface area (Å²) in [5, 5.41) is 3.58. The van der Waals surface area contributed by atoms with E-state index < -0.39 is 0 Å². The van der Waals surface area contributed by atoms with Gasteiger partial charge in [0.1, 0.15) is 5.75 Å². The zero-order chi connectivity index (χ0) is 14.9. The molecule has 2 rings (SSSR count). The molecule has 0 unspecified atom stereocenters. The molecule has 0 heterocycles. The number of ether oxygens (including phenoxy) is 1. The number of methoxy groups -OCH3 is 1. The van der Waals surface area contributed by atoms with Crippen LogP contribution < -0.4 is 10.1 Å². The highest BCUT2D eigenvalue weighted by Crippen LogP contribution is 2.17. The molecule has 0 saturated carbocycles. The van der Waals surface area contributed by atoms with E-state index in [0.717, 1.165) is 12.3 Å². The lowest BCUT2D eigenvalue weighted by atomic mass is 10.1. The van der Waals surface area contributed by atoms with Crippen molar-refractivity contribution in [3.8, 4) is 5.75 Å². The van der Waals surface area contributed by atoms with Crippen molar-refractivity contribution < 1.29 is 4.74 Å². The van der Waals surface area contributed by atoms with Crippen LogP contribution >= 0.6 is 0 Å². The van der Waals surface area contributed by atoms with Crippen molar-refractivity contribution >= 4 is 0 Å². The van der Waals surface area contributed by atoms with Crippen molar-refractivity contribution in [1.29, 1.82) is 0 Å². The van der Waals surface area contributed by atoms with E-state index in [4.69, 9.17) is 4.74 Å². The number of benzene rings is 2. The first-order valence-electron chi connectivity index (χ1n) is 7.71. The molecular weight excluding hydrogens is 258 g/mol. The molecule has 0 spiro atoms. The summed E-state index contributed by atoms with van der Waals surface area (Å²) in [6.07, 6.45) is 3.60. The molecule has 0 radical (unpaired) electrons. The van der Waals surface area contributed by atoms with Gasteiger partial charge in [0.05, 0.1) is 7.11 Å². The molecule has 2 heteroatoms. The normalized spacial score (nSPS) is 12.1. The smallest absolute Gasteiger partial charge is 0.118 e. The number of hydrogen-bond acceptors (Lipinski definition) is 2. The Morgan fingerprint density at radius 3 is 2.33 bits per heavy atom. The number of unbranched alkanes of at least 4 members (excludes halogenated alkanes) is 1. The predicted molar refractivity (Wildman–Crippen MR) is 88.8 cm³/mol. The standard InChI is InChI=1S/C19H25NO/c1-16(18-11-13-19(21-2)14-12-18)20-15-7-6-10-17-8-4-3-5-9-17/h3-5,8-9,11-14,16,20H,6-7,10,15H2,1-2H3/t16-/m1/s1. The molecule has 2 nitrogen and oxygen atoms in total. The van der Waals surface area contributed by atoms with Crippen LogP contribution in [0, 0.1) is 0 Å². The van der Waals surface area contributed by atoms with Gasteiger partial charge in [0.25, 0.3) is 0 Å². The Labute approximate surface area is 128 Å². The molecule has 1 atom stereocenters. The second kappa shape index (κ2) is 8.48. The Hall–Kier alpha value is -1.80. The zero-order valence-electron chi connectivity index (χ0n) is 13.0. The van der Waals surface area contributed by atoms with Crippen LogP contribution in [0.4, 0.5) is 0 Å². The Morgan fingerprint density at radius 1 is 0.952 bits per heavy atom. The van der Waals surface area contributed by atoms with Crippen LogP contribution in [-0.4, -0.2) is 13.7 Å². The maximum atomic E-state index is 5.18. The molecule has 0 aliphatic rings. The molecule has 0 aliphatic carbocycles. The molecule has 1 N–H and O–H groups in total. The van der Waals surface area contributed by atoms with Gasteiger partial charge in [0.2, 0.25) is 0 Å². The van der Waals surface area contributed by atoms with E-state index in [2.05, 4.69) is 54.7 Å². The summed E-state index contributed by atoms with van der Waals surface area (Å²) in [6, 6.07) is 19.4. The highest BCUT2D eigenvalue weighted by molar-refractivity contribution is 5.28. The molecule has 21 heavy (non-hydrogen) atoms. The lowest BCUT2D eigenvalue weighted by Gasteiger charge is -2.14. The molecular formula is C19H25NO. The summed E-state index contributed by atoms with van der Waals surface area (Å²) >= 11 is 0. The van der Waals surface area contributed by atoms with Crippen LogP contribution in [0.25, 0.3) is 0 Å². The molecule has 0 aliphatic heterocycles. The third kappa shape index (κ3) is 5.24. The van der Waals surface area contributed by atoms with Gasteiger partial charge in [-0.1, -0.05) is 42.5 Å². The number of nitrogens with one attached hydrogen (secondary N) is 1. The van der Waals surface area contributed by atoms with E-state index in [9.17, 15) is 0 Å². The van der Waals surface area contributed by atoms with Crippen molar-refractivity contribution in [3.05, 3.63) is 65.7 Å². The third-order valence-electron chi connectivity index (χ3n) is 3.80. The van der Waals surface area contributed by atoms with Crippen LogP contribution in [0.15, 0.2) is 54.6 Å². The van der Waals surface area contributed by atoms with E-state index in [1.807, 2.05) is 12.1 Å². The SMILES string of the molecule is COc1ccc([C@@H](C)NCCCCc2ccccc2)cc1. The van der Waals surface area contributed by atoms with Crippen LogP contribution in [0.3, 0.4) is 0 Å². The van der Waals surface area contributed by atoms with Gasteiger partial charge in [-0.2, -0.15) is 0 Å². The minimum absolute atomic E-state index is 0.382. The molecule has 0 aromatic heterocycles. The van der Waals surface area contributed by atoms with Crippen LogP contribution in [-0.2, 0) is 6.42 Å². The van der Waals surface area contributed by atoms with E-state index in [1.165, 1.54) is 30.4 Å². The van der Waals surface area contributed by atoms with E-state index >= 15 is 0 Å². The fraction of sp³-hybridized carbons (Fsp3) is 0.368. The van der Waals surface area contributed by atoms with Gasteiger partial charge in [-0.3, -0.25) is 0 Å². The Kier molecular flexibility index (Phi) is 6.29. The van der Waals surface area contributed by atoms with Crippen LogP contribution in [0.5, 0.6) is 5.75 Å². The van der Waals surface area contributed by atoms with Crippen LogP contribution in [0.2, 0.25) is 0 Å². The van der Waals surface area contributed by atoms with Gasteiger partial charge in [0, 0.05) is 6.04 Å². The first-order valence-corrected chi connectivity index (χ1v) is 7.71. The lowest BCUT2D eigenvalue weighted by Crippen LogP contribution is -2.19. The Morgan fingerprint density at radius 2 is 1.67 bits per heavy atom. The summed E-state index contributed by atoms with van der Waals surface area (Å²) in [4.78, 5) is 0. The minimum atomic E-state index is 0.382. The van der Waals surface area contributed by atoms with Gasteiger partial charge in [-0.05, 0) is 56.0 Å². The summed E-state index contributed by atoms with van der Waals surface area (Å²) in [5.41, 5.74) is 2.74. The summed E-state index contributed by atoms with van der Waals surface area (Å²) in [6.45, 7) is 3.26. The topological polar surface area (TPSA) is 21.3 Å². The maximum absolute atomic E-state index is 5.18. The van der Waals surface area contributed by atoms with E-state index in [-0.39, 0.29) is 0 Å². The second-order valence-electron chi connectivity index (χ2n) is 5.39. The maximum Gasteiger partial charge on any atom is 0.118 e. The van der Waals surface area contributed by atoms with E-state index in [1.54, 1.807) is 7.11 Å². The molecule has 0 saturated heterocycles. The highest BCUT2D eigenvalue weighted by atomic mass is 16.5. The first-order chi connectivity index (χ1) is 10.3. The van der Waals surface area contributed by atoms with Crippen molar-refractivity contribution in [1.82, 2.24) is 5.32 Å². The lowest BCUT2D eigenvalue weighted by molar-refractivity contribution is 0.414. The average Bonchev–Trinajstić information content (AvgIpc) is 2.55. The van der Waals surface area contributed by atoms with Gasteiger partial charge in [-0.15, -0.1) is 0 Å². The largest absolute Gasteiger partial charge is 0.497 e. The molecule has 112 valence electrons. The number of hydrogen-bond donors (Lipinski definition) is 1. The molecule has 0 fully saturated rings. The van der Waals surface area contributed by atoms with E-state index in [0.29, 0.717) is 6.04 Å². The highest BCUT2D eigenvalue weighted by Gasteiger charge is 2.04. The first kappa shape index (κ1) is 15.6. The van der Waals surface area contributed by atoms with Crippen molar-refractivity contribution in [2.24, 2.45) is 0 Å². The predicted octanol–water partition coefficient (Wildman–Crippen LogP) is 4.37. The minimum Gasteiger partial charge on any atom is -0.497 e. The monoisotopic (exact) mass is 283 g/mol. The van der Waals surface area contributed by atoms with Gasteiger partial charge < -0.3 is 10.1 Å². The zero-order valence-corrected chi connectivity index (χ0v) is 13.0. The molecule has 0 bridgehead atoms. The summed E-state index contributed by atoms with van der Waals surface area (Å²) in [7, 11) is 1.70. The third-order valence-corrected chi connectivity index (χ3v) is 3.80. The molecule has 2 aromatic rings. The summed E-state index contributed by atoms with van der Waals surface area (Å²) < 4.78 is 5.18. The fourth-order valence-corrected chi connectivity index (χ4v) is 2.43. The Balaban J connectivity index is 1.65. The Bertz CT molecular complexity index is 507. The number of aryl methyl sites for hydroxylation is 1. The summed E-state index contributed by atoms with van der Waals surface area (Å²) in [5.74, 6) is 0.911.